The van der Waals surface area contributed by atoms with Crippen LogP contribution in [0.5, 0.6) is 0 Å². The lowest BCUT2D eigenvalue weighted by Crippen LogP contribution is -2.47. The van der Waals surface area contributed by atoms with Gasteiger partial charge in [0.1, 0.15) is 6.04 Å². The van der Waals surface area contributed by atoms with E-state index in [2.05, 4.69) is 5.32 Å². The first-order valence-electron chi connectivity index (χ1n) is 7.68. The van der Waals surface area contributed by atoms with E-state index in [1.54, 1.807) is 30.5 Å². The van der Waals surface area contributed by atoms with E-state index in [0.29, 0.717) is 31.0 Å². The quantitative estimate of drug-likeness (QED) is 0.707. The number of carboxylic acid groups (broad SMARTS) is 1. The highest BCUT2D eigenvalue weighted by Crippen LogP contribution is 2.23. The number of carboxylic acids is 1. The molecule has 126 valence electrons. The van der Waals surface area contributed by atoms with Crippen molar-refractivity contribution < 1.29 is 19.5 Å². The number of hydrogen-bond donors (Lipinski definition) is 2. The van der Waals surface area contributed by atoms with Gasteiger partial charge in [0, 0.05) is 18.7 Å². The van der Waals surface area contributed by atoms with Crippen LogP contribution in [0.25, 0.3) is 0 Å². The summed E-state index contributed by atoms with van der Waals surface area (Å²) in [7, 11) is 0. The molecule has 2 N–H and O–H groups in total. The van der Waals surface area contributed by atoms with Gasteiger partial charge in [-0.2, -0.15) is 0 Å². The van der Waals surface area contributed by atoms with Crippen LogP contribution in [-0.4, -0.2) is 52.0 Å². The number of carbonyl (C=O) groups excluding carboxylic acids is 2. The first-order chi connectivity index (χ1) is 10.3. The second kappa shape index (κ2) is 8.41. The summed E-state index contributed by atoms with van der Waals surface area (Å²) in [5, 5.41) is 11.8. The maximum atomic E-state index is 12.2. The second-order valence-corrected chi connectivity index (χ2v) is 7.21. The van der Waals surface area contributed by atoms with Crippen LogP contribution in [-0.2, 0) is 14.4 Å². The Kier molecular flexibility index (Phi) is 7.19. The van der Waals surface area contributed by atoms with Crippen LogP contribution in [0, 0.1) is 5.41 Å². The molecule has 22 heavy (non-hydrogen) atoms. The van der Waals surface area contributed by atoms with Gasteiger partial charge in [0.2, 0.25) is 11.8 Å². The molecule has 6 nitrogen and oxygen atoms in total. The fourth-order valence-corrected chi connectivity index (χ4v) is 3.28. The normalized spacial score (nSPS) is 18.3. The summed E-state index contributed by atoms with van der Waals surface area (Å²) in [6.45, 7) is 5.59. The average molecular weight is 330 g/mol. The topological polar surface area (TPSA) is 86.7 Å². The van der Waals surface area contributed by atoms with E-state index >= 15 is 0 Å². The molecule has 0 radical (unpaired) electrons. The Balaban J connectivity index is 2.47. The van der Waals surface area contributed by atoms with Crippen molar-refractivity contribution >= 4 is 29.5 Å². The fourth-order valence-electron chi connectivity index (χ4n) is 2.10. The van der Waals surface area contributed by atoms with Crippen LogP contribution in [0.1, 0.15) is 46.5 Å². The van der Waals surface area contributed by atoms with E-state index in [4.69, 9.17) is 5.11 Å². The average Bonchev–Trinajstić information content (AvgIpc) is 2.93. The number of nitrogens with one attached hydrogen (secondary N) is 1. The minimum Gasteiger partial charge on any atom is -0.481 e. The Morgan fingerprint density at radius 2 is 2.05 bits per heavy atom. The zero-order valence-electron chi connectivity index (χ0n) is 13.6. The molecule has 0 bridgehead atoms. The van der Waals surface area contributed by atoms with Gasteiger partial charge in [-0.3, -0.25) is 14.4 Å². The lowest BCUT2D eigenvalue weighted by atomic mass is 9.90. The first kappa shape index (κ1) is 18.8. The number of hydrogen-bond acceptors (Lipinski definition) is 4. The molecule has 0 aromatic rings. The predicted molar refractivity (Wildman–Crippen MR) is 86.5 cm³/mol. The summed E-state index contributed by atoms with van der Waals surface area (Å²) in [4.78, 5) is 37.0. The molecular weight excluding hydrogens is 304 g/mol. The number of carbonyl (C=O) groups is 3. The van der Waals surface area contributed by atoms with Gasteiger partial charge in [-0.05, 0) is 26.7 Å². The van der Waals surface area contributed by atoms with E-state index in [9.17, 15) is 14.4 Å². The van der Waals surface area contributed by atoms with Gasteiger partial charge in [0.25, 0.3) is 0 Å². The molecule has 0 spiro atoms. The number of rotatable bonds is 8. The summed E-state index contributed by atoms with van der Waals surface area (Å²) >= 11 is 1.57. The third kappa shape index (κ3) is 5.19. The maximum Gasteiger partial charge on any atom is 0.309 e. The van der Waals surface area contributed by atoms with Gasteiger partial charge in [-0.15, -0.1) is 11.8 Å². The molecule has 0 saturated carbocycles. The number of unbranched alkanes of at least 4 members (excludes halogenated alkanes) is 1. The molecule has 1 fully saturated rings. The van der Waals surface area contributed by atoms with E-state index in [1.165, 1.54) is 0 Å². The second-order valence-electron chi connectivity index (χ2n) is 6.21. The number of nitrogens with zero attached hydrogens (tertiary/aromatic N) is 1. The Hall–Kier alpha value is -1.24. The van der Waals surface area contributed by atoms with Gasteiger partial charge >= 0.3 is 5.97 Å². The molecule has 1 rings (SSSR count). The maximum absolute atomic E-state index is 12.2. The van der Waals surface area contributed by atoms with E-state index in [0.717, 1.165) is 12.8 Å². The summed E-state index contributed by atoms with van der Waals surface area (Å²) in [6, 6.07) is -0.428. The summed E-state index contributed by atoms with van der Waals surface area (Å²) < 4.78 is 0. The van der Waals surface area contributed by atoms with Crippen LogP contribution < -0.4 is 5.32 Å². The highest BCUT2D eigenvalue weighted by molar-refractivity contribution is 7.99. The summed E-state index contributed by atoms with van der Waals surface area (Å²) in [5.74, 6) is 0.122. The standard InChI is InChI=1S/C15H26N2O4S/c1-4-5-6-12(18)17-10-22-9-11(17)13(19)16-8-7-15(2,3)14(20)21/h11H,4-10H2,1-3H3,(H,16,19)(H,20,21). The molecule has 2 amide bonds. The van der Waals surface area contributed by atoms with Crippen molar-refractivity contribution in [2.24, 2.45) is 5.41 Å². The van der Waals surface area contributed by atoms with Crippen molar-refractivity contribution in [2.75, 3.05) is 18.2 Å². The first-order valence-corrected chi connectivity index (χ1v) is 8.83. The van der Waals surface area contributed by atoms with Gasteiger partial charge in [0.05, 0.1) is 11.3 Å². The SMILES string of the molecule is CCCCC(=O)N1CSCC1C(=O)NCCC(C)(C)C(=O)O. The monoisotopic (exact) mass is 330 g/mol. The largest absolute Gasteiger partial charge is 0.481 e. The smallest absolute Gasteiger partial charge is 0.309 e. The van der Waals surface area contributed by atoms with Crippen molar-refractivity contribution in [1.29, 1.82) is 0 Å². The molecule has 0 aromatic carbocycles. The lowest BCUT2D eigenvalue weighted by molar-refractivity contribution is -0.147. The Bertz CT molecular complexity index is 426. The van der Waals surface area contributed by atoms with Crippen LogP contribution in [0.3, 0.4) is 0 Å². The van der Waals surface area contributed by atoms with Crippen LogP contribution in [0.15, 0.2) is 0 Å². The zero-order valence-corrected chi connectivity index (χ0v) is 14.4. The third-order valence-electron chi connectivity index (χ3n) is 3.88. The van der Waals surface area contributed by atoms with Gasteiger partial charge in [-0.25, -0.2) is 0 Å². The van der Waals surface area contributed by atoms with E-state index in [-0.39, 0.29) is 11.8 Å². The highest BCUT2D eigenvalue weighted by Gasteiger charge is 2.34. The molecule has 1 atom stereocenters. The predicted octanol–water partition coefficient (Wildman–Crippen LogP) is 1.70. The molecule has 7 heteroatoms. The summed E-state index contributed by atoms with van der Waals surface area (Å²) in [6.07, 6.45) is 2.62. The molecule has 1 aliphatic rings. The molecule has 1 aliphatic heterocycles. The van der Waals surface area contributed by atoms with Crippen molar-refractivity contribution in [3.05, 3.63) is 0 Å². The molecule has 1 saturated heterocycles. The van der Waals surface area contributed by atoms with E-state index < -0.39 is 17.4 Å². The van der Waals surface area contributed by atoms with Gasteiger partial charge < -0.3 is 15.3 Å². The summed E-state index contributed by atoms with van der Waals surface area (Å²) in [5.41, 5.74) is -0.867. The fraction of sp³-hybridized carbons (Fsp3) is 0.800. The molecule has 1 heterocycles. The van der Waals surface area contributed by atoms with Gasteiger partial charge in [-0.1, -0.05) is 13.3 Å². The Morgan fingerprint density at radius 3 is 2.64 bits per heavy atom. The molecule has 1 unspecified atom stereocenters. The number of amides is 2. The zero-order chi connectivity index (χ0) is 16.8. The Labute approximate surface area is 136 Å². The lowest BCUT2D eigenvalue weighted by Gasteiger charge is -2.24. The van der Waals surface area contributed by atoms with E-state index in [1.807, 2.05) is 6.92 Å². The number of thioether (sulfide) groups is 1. The van der Waals surface area contributed by atoms with Crippen molar-refractivity contribution in [3.8, 4) is 0 Å². The van der Waals surface area contributed by atoms with Gasteiger partial charge in [0.15, 0.2) is 0 Å². The highest BCUT2D eigenvalue weighted by atomic mass is 32.2. The van der Waals surface area contributed by atoms with Crippen LogP contribution >= 0.6 is 11.8 Å². The minimum absolute atomic E-state index is 0.0258. The Morgan fingerprint density at radius 1 is 1.36 bits per heavy atom. The minimum atomic E-state index is -0.880. The molecular formula is C15H26N2O4S. The van der Waals surface area contributed by atoms with Crippen LogP contribution in [0.2, 0.25) is 0 Å². The molecule has 0 aliphatic carbocycles. The number of aliphatic carboxylic acids is 1. The molecule has 0 aromatic heterocycles. The van der Waals surface area contributed by atoms with Crippen molar-refractivity contribution in [1.82, 2.24) is 10.2 Å². The van der Waals surface area contributed by atoms with Crippen molar-refractivity contribution in [2.45, 2.75) is 52.5 Å². The third-order valence-corrected chi connectivity index (χ3v) is 4.89. The van der Waals surface area contributed by atoms with Crippen LogP contribution in [0.4, 0.5) is 0 Å². The van der Waals surface area contributed by atoms with Crippen molar-refractivity contribution in [3.63, 3.8) is 0 Å².